The number of nitrogens with one attached hydrogen (secondary N) is 1. The molecule has 0 unspecified atom stereocenters. The molecule has 0 saturated carbocycles. The highest BCUT2D eigenvalue weighted by Crippen LogP contribution is 2.39. The summed E-state index contributed by atoms with van der Waals surface area (Å²) in [4.78, 5) is 11.4. The second-order valence-corrected chi connectivity index (χ2v) is 10.8. The fourth-order valence-corrected chi connectivity index (χ4v) is 3.02. The van der Waals surface area contributed by atoms with Crippen molar-refractivity contribution < 1.29 is 9.22 Å². The monoisotopic (exact) mass is 241 g/mol. The zero-order valence-corrected chi connectivity index (χ0v) is 12.2. The molecule has 0 aromatic carbocycles. The van der Waals surface area contributed by atoms with E-state index in [9.17, 15) is 4.79 Å². The molecule has 1 saturated heterocycles. The Hall–Kier alpha value is -0.613. The molecule has 1 N–H and O–H groups in total. The third kappa shape index (κ3) is 2.38. The number of amides is 1. The molecular weight excluding hydrogens is 218 g/mol. The van der Waals surface area contributed by atoms with Gasteiger partial charge in [0.15, 0.2) is 8.32 Å². The van der Waals surface area contributed by atoms with Gasteiger partial charge in [-0.15, -0.1) is 0 Å². The Kier molecular flexibility index (Phi) is 3.36. The van der Waals surface area contributed by atoms with Gasteiger partial charge >= 0.3 is 0 Å². The Bertz CT molecular complexity index is 303. The Morgan fingerprint density at radius 1 is 1.44 bits per heavy atom. The largest absolute Gasteiger partial charge is 0.413 e. The molecule has 1 aliphatic rings. The minimum Gasteiger partial charge on any atom is -0.413 e. The molecular formula is C12H23NO2Si. The first-order chi connectivity index (χ1) is 7.06. The predicted octanol–water partition coefficient (Wildman–Crippen LogP) is 2.66. The average Bonchev–Trinajstić information content (AvgIpc) is 1.99. The number of carbonyl (C=O) groups excluding carboxylic acids is 1. The third-order valence-electron chi connectivity index (χ3n) is 3.70. The first kappa shape index (κ1) is 13.5. The van der Waals surface area contributed by atoms with E-state index >= 15 is 0 Å². The van der Waals surface area contributed by atoms with E-state index in [2.05, 4.69) is 45.8 Å². The number of hydrogen-bond donors (Lipinski definition) is 1. The van der Waals surface area contributed by atoms with E-state index in [1.54, 1.807) is 0 Å². The van der Waals surface area contributed by atoms with Crippen LogP contribution in [0.2, 0.25) is 18.1 Å². The smallest absolute Gasteiger partial charge is 0.235 e. The van der Waals surface area contributed by atoms with Crippen LogP contribution in [0.25, 0.3) is 0 Å². The molecule has 0 radical (unpaired) electrons. The lowest BCUT2D eigenvalue weighted by atomic mass is 9.92. The van der Waals surface area contributed by atoms with Crippen LogP contribution in [0, 0.1) is 5.92 Å². The summed E-state index contributed by atoms with van der Waals surface area (Å²) in [5, 5.41) is 2.83. The zero-order chi connectivity index (χ0) is 12.7. The highest BCUT2D eigenvalue weighted by Gasteiger charge is 2.44. The molecule has 92 valence electrons. The molecule has 1 fully saturated rings. The van der Waals surface area contributed by atoms with Crippen molar-refractivity contribution in [1.82, 2.24) is 5.32 Å². The molecule has 0 aromatic rings. The van der Waals surface area contributed by atoms with Crippen LogP contribution >= 0.6 is 0 Å². The second kappa shape index (κ2) is 4.00. The van der Waals surface area contributed by atoms with Gasteiger partial charge in [-0.05, 0) is 25.1 Å². The van der Waals surface area contributed by atoms with Crippen molar-refractivity contribution in [2.24, 2.45) is 5.92 Å². The Labute approximate surface area is 99.4 Å². The van der Waals surface area contributed by atoms with Gasteiger partial charge < -0.3 is 9.74 Å². The Morgan fingerprint density at radius 3 is 2.25 bits per heavy atom. The third-order valence-corrected chi connectivity index (χ3v) is 8.27. The van der Waals surface area contributed by atoms with Gasteiger partial charge in [0, 0.05) is 5.70 Å². The zero-order valence-electron chi connectivity index (χ0n) is 11.2. The van der Waals surface area contributed by atoms with E-state index in [4.69, 9.17) is 4.43 Å². The van der Waals surface area contributed by atoms with Gasteiger partial charge in [0.1, 0.15) is 5.92 Å². The summed E-state index contributed by atoms with van der Waals surface area (Å²) in [6.45, 7) is 16.8. The minimum atomic E-state index is -1.79. The Balaban J connectivity index is 2.68. The molecule has 1 amide bonds. The summed E-state index contributed by atoms with van der Waals surface area (Å²) < 4.78 is 6.16. The normalized spacial score (nSPS) is 23.8. The van der Waals surface area contributed by atoms with E-state index in [1.807, 2.05) is 6.92 Å². The quantitative estimate of drug-likeness (QED) is 0.609. The lowest BCUT2D eigenvalue weighted by Gasteiger charge is -2.42. The van der Waals surface area contributed by atoms with Crippen molar-refractivity contribution in [2.75, 3.05) is 0 Å². The van der Waals surface area contributed by atoms with Crippen LogP contribution in [-0.4, -0.2) is 20.3 Å². The van der Waals surface area contributed by atoms with Gasteiger partial charge in [-0.2, -0.15) is 0 Å². The van der Waals surface area contributed by atoms with Crippen molar-refractivity contribution in [1.29, 1.82) is 0 Å². The van der Waals surface area contributed by atoms with Crippen molar-refractivity contribution >= 4 is 14.2 Å². The molecule has 3 nitrogen and oxygen atoms in total. The summed E-state index contributed by atoms with van der Waals surface area (Å²) in [5.41, 5.74) is 0.788. The van der Waals surface area contributed by atoms with E-state index in [0.717, 1.165) is 5.70 Å². The predicted molar refractivity (Wildman–Crippen MR) is 68.5 cm³/mol. The van der Waals surface area contributed by atoms with Gasteiger partial charge in [-0.1, -0.05) is 27.4 Å². The first-order valence-corrected chi connectivity index (χ1v) is 8.64. The van der Waals surface area contributed by atoms with Crippen LogP contribution in [-0.2, 0) is 9.22 Å². The van der Waals surface area contributed by atoms with E-state index in [0.29, 0.717) is 0 Å². The first-order valence-electron chi connectivity index (χ1n) is 5.74. The lowest BCUT2D eigenvalue weighted by molar-refractivity contribution is -0.131. The van der Waals surface area contributed by atoms with Crippen LogP contribution < -0.4 is 5.32 Å². The summed E-state index contributed by atoms with van der Waals surface area (Å²) in [7, 11) is -1.79. The maximum atomic E-state index is 11.4. The van der Waals surface area contributed by atoms with Gasteiger partial charge in [-0.3, -0.25) is 4.79 Å². The van der Waals surface area contributed by atoms with Crippen molar-refractivity contribution in [2.45, 2.75) is 51.9 Å². The maximum Gasteiger partial charge on any atom is 0.235 e. The van der Waals surface area contributed by atoms with Crippen LogP contribution in [0.3, 0.4) is 0 Å². The van der Waals surface area contributed by atoms with Crippen molar-refractivity contribution in [3.05, 3.63) is 12.3 Å². The molecule has 0 spiro atoms. The lowest BCUT2D eigenvalue weighted by Crippen LogP contribution is -2.54. The molecule has 16 heavy (non-hydrogen) atoms. The molecule has 0 bridgehead atoms. The maximum absolute atomic E-state index is 11.4. The van der Waals surface area contributed by atoms with Gasteiger partial charge in [0.25, 0.3) is 0 Å². The number of carbonyl (C=O) groups is 1. The van der Waals surface area contributed by atoms with E-state index in [1.165, 1.54) is 0 Å². The molecule has 0 aliphatic carbocycles. The second-order valence-electron chi connectivity index (χ2n) is 6.08. The highest BCUT2D eigenvalue weighted by molar-refractivity contribution is 6.74. The SMILES string of the molecule is C=C1NC(=O)[C@@H]1[C@@H](C)O[Si](C)(C)C(C)(C)C. The van der Waals surface area contributed by atoms with Crippen molar-refractivity contribution in [3.63, 3.8) is 0 Å². The molecule has 0 aromatic heterocycles. The fraction of sp³-hybridized carbons (Fsp3) is 0.750. The number of hydrogen-bond acceptors (Lipinski definition) is 2. The Morgan fingerprint density at radius 2 is 1.94 bits per heavy atom. The molecule has 2 atom stereocenters. The molecule has 1 heterocycles. The van der Waals surface area contributed by atoms with Crippen LogP contribution in [0.15, 0.2) is 12.3 Å². The van der Waals surface area contributed by atoms with Gasteiger partial charge in [0.05, 0.1) is 6.10 Å². The van der Waals surface area contributed by atoms with Crippen molar-refractivity contribution in [3.8, 4) is 0 Å². The summed E-state index contributed by atoms with van der Waals surface area (Å²) in [5.74, 6) is -0.120. The molecule has 1 rings (SSSR count). The summed E-state index contributed by atoms with van der Waals surface area (Å²) in [6.07, 6.45) is -0.0675. The van der Waals surface area contributed by atoms with Crippen LogP contribution in [0.4, 0.5) is 0 Å². The van der Waals surface area contributed by atoms with Gasteiger partial charge in [0.2, 0.25) is 5.91 Å². The fourth-order valence-electron chi connectivity index (χ4n) is 1.60. The highest BCUT2D eigenvalue weighted by atomic mass is 28.4. The summed E-state index contributed by atoms with van der Waals surface area (Å²) >= 11 is 0. The van der Waals surface area contributed by atoms with Gasteiger partial charge in [-0.25, -0.2) is 0 Å². The van der Waals surface area contributed by atoms with E-state index < -0.39 is 8.32 Å². The van der Waals surface area contributed by atoms with E-state index in [-0.39, 0.29) is 23.0 Å². The molecule has 4 heteroatoms. The number of rotatable bonds is 3. The topological polar surface area (TPSA) is 38.3 Å². The number of β-lactam (4-membered cyclic amide) rings is 1. The summed E-state index contributed by atoms with van der Waals surface area (Å²) in [6, 6.07) is 0. The van der Waals surface area contributed by atoms with Crippen LogP contribution in [0.5, 0.6) is 0 Å². The standard InChI is InChI=1S/C12H23NO2Si/c1-8-10(11(14)13-8)9(2)15-16(6,7)12(3,4)5/h9-10H,1H2,2-7H3,(H,13,14)/t9-,10+/m1/s1. The average molecular weight is 241 g/mol. The van der Waals surface area contributed by atoms with Crippen LogP contribution in [0.1, 0.15) is 27.7 Å². The molecule has 1 aliphatic heterocycles. The minimum absolute atomic E-state index is 0.0382.